The van der Waals surface area contributed by atoms with E-state index in [-0.39, 0.29) is 0 Å². The summed E-state index contributed by atoms with van der Waals surface area (Å²) in [5.41, 5.74) is 1.34. The van der Waals surface area contributed by atoms with E-state index in [0.29, 0.717) is 0 Å². The Morgan fingerprint density at radius 2 is 1.94 bits per heavy atom. The van der Waals surface area contributed by atoms with Crippen LogP contribution in [0.15, 0.2) is 66.0 Å². The van der Waals surface area contributed by atoms with Gasteiger partial charge in [0.25, 0.3) is 0 Å². The van der Waals surface area contributed by atoms with Gasteiger partial charge in [-0.3, -0.25) is 0 Å². The molecule has 1 aromatic rings. The van der Waals surface area contributed by atoms with E-state index in [9.17, 15) is 0 Å². The quantitative estimate of drug-likeness (QED) is 0.728. The highest BCUT2D eigenvalue weighted by Gasteiger charge is 2.00. The molecule has 0 amide bonds. The van der Waals surface area contributed by atoms with Gasteiger partial charge in [-0.05, 0) is 30.2 Å². The largest absolute Gasteiger partial charge is 0.461 e. The van der Waals surface area contributed by atoms with Crippen LogP contribution in [0.25, 0.3) is 0 Å². The maximum atomic E-state index is 5.79. The lowest BCUT2D eigenvalue weighted by Gasteiger charge is -2.06. The standard InChI is InChI=1S/C15H16O/c1-2-13-7-6-10-15(12-11-13)16-14-8-4-3-5-9-14/h3-9,11-12H,2,10H2,1H3. The smallest absolute Gasteiger partial charge is 0.126 e. The van der Waals surface area contributed by atoms with Crippen molar-refractivity contribution in [2.24, 2.45) is 0 Å². The lowest BCUT2D eigenvalue weighted by molar-refractivity contribution is 0.416. The summed E-state index contributed by atoms with van der Waals surface area (Å²) in [6.45, 7) is 2.16. The summed E-state index contributed by atoms with van der Waals surface area (Å²) >= 11 is 0. The van der Waals surface area contributed by atoms with Crippen molar-refractivity contribution in [2.75, 3.05) is 0 Å². The highest BCUT2D eigenvalue weighted by Crippen LogP contribution is 2.18. The highest BCUT2D eigenvalue weighted by molar-refractivity contribution is 5.31. The normalized spacial score (nSPS) is 15.1. The molecule has 0 bridgehead atoms. The number of para-hydroxylation sites is 1. The molecule has 1 aromatic carbocycles. The molecule has 0 spiro atoms. The van der Waals surface area contributed by atoms with Gasteiger partial charge in [0.15, 0.2) is 0 Å². The van der Waals surface area contributed by atoms with Crippen molar-refractivity contribution in [1.29, 1.82) is 0 Å². The van der Waals surface area contributed by atoms with Crippen LogP contribution >= 0.6 is 0 Å². The lowest BCUT2D eigenvalue weighted by Crippen LogP contribution is -1.92. The molecule has 0 atom stereocenters. The van der Waals surface area contributed by atoms with E-state index in [1.54, 1.807) is 0 Å². The third-order valence-corrected chi connectivity index (χ3v) is 2.53. The summed E-state index contributed by atoms with van der Waals surface area (Å²) in [7, 11) is 0. The summed E-state index contributed by atoms with van der Waals surface area (Å²) in [6.07, 6.45) is 10.4. The molecular weight excluding hydrogens is 196 g/mol. The molecule has 0 saturated carbocycles. The number of allylic oxidation sites excluding steroid dienone is 5. The van der Waals surface area contributed by atoms with Crippen LogP contribution in [0.3, 0.4) is 0 Å². The average Bonchev–Trinajstić information content (AvgIpc) is 2.56. The summed E-state index contributed by atoms with van der Waals surface area (Å²) in [5, 5.41) is 0. The number of ether oxygens (including phenoxy) is 1. The lowest BCUT2D eigenvalue weighted by atomic mass is 10.2. The first-order valence-electron chi connectivity index (χ1n) is 5.67. The van der Waals surface area contributed by atoms with Gasteiger partial charge in [0.1, 0.15) is 11.5 Å². The van der Waals surface area contributed by atoms with Crippen LogP contribution in [-0.4, -0.2) is 0 Å². The first kappa shape index (κ1) is 10.7. The van der Waals surface area contributed by atoms with E-state index < -0.39 is 0 Å². The van der Waals surface area contributed by atoms with Gasteiger partial charge in [-0.15, -0.1) is 0 Å². The Labute approximate surface area is 96.8 Å². The van der Waals surface area contributed by atoms with E-state index in [4.69, 9.17) is 4.74 Å². The Balaban J connectivity index is 2.09. The molecule has 0 aliphatic heterocycles. The molecule has 82 valence electrons. The Morgan fingerprint density at radius 3 is 2.69 bits per heavy atom. The topological polar surface area (TPSA) is 9.23 Å². The van der Waals surface area contributed by atoms with E-state index in [1.807, 2.05) is 30.3 Å². The second kappa shape index (κ2) is 5.36. The molecule has 0 unspecified atom stereocenters. The van der Waals surface area contributed by atoms with Crippen LogP contribution in [-0.2, 0) is 0 Å². The van der Waals surface area contributed by atoms with Gasteiger partial charge in [0, 0.05) is 6.42 Å². The minimum atomic E-state index is 0.856. The molecule has 16 heavy (non-hydrogen) atoms. The van der Waals surface area contributed by atoms with Gasteiger partial charge in [-0.25, -0.2) is 0 Å². The van der Waals surface area contributed by atoms with Gasteiger partial charge in [0.2, 0.25) is 0 Å². The molecule has 0 N–H and O–H groups in total. The van der Waals surface area contributed by atoms with Gasteiger partial charge >= 0.3 is 0 Å². The Bertz CT molecular complexity index is 424. The van der Waals surface area contributed by atoms with Crippen molar-refractivity contribution in [3.63, 3.8) is 0 Å². The summed E-state index contributed by atoms with van der Waals surface area (Å²) < 4.78 is 5.79. The third kappa shape index (κ3) is 2.86. The number of benzene rings is 1. The molecule has 0 fully saturated rings. The maximum absolute atomic E-state index is 5.79. The first-order chi connectivity index (χ1) is 7.88. The van der Waals surface area contributed by atoms with E-state index in [2.05, 4.69) is 31.2 Å². The zero-order valence-electron chi connectivity index (χ0n) is 9.52. The second-order valence-electron chi connectivity index (χ2n) is 3.75. The SMILES string of the molecule is CCC1=CC=C(Oc2ccccc2)CC=C1. The molecule has 0 aromatic heterocycles. The molecule has 1 heteroatoms. The molecule has 2 rings (SSSR count). The van der Waals surface area contributed by atoms with Crippen LogP contribution < -0.4 is 4.74 Å². The number of hydrogen-bond donors (Lipinski definition) is 0. The Kier molecular flexibility index (Phi) is 3.60. The fourth-order valence-corrected chi connectivity index (χ4v) is 1.60. The van der Waals surface area contributed by atoms with Crippen LogP contribution in [0.4, 0.5) is 0 Å². The van der Waals surface area contributed by atoms with E-state index in [0.717, 1.165) is 24.4 Å². The fourth-order valence-electron chi connectivity index (χ4n) is 1.60. The average molecular weight is 212 g/mol. The molecule has 1 aliphatic carbocycles. The van der Waals surface area contributed by atoms with Crippen molar-refractivity contribution in [2.45, 2.75) is 19.8 Å². The molecule has 1 aliphatic rings. The zero-order chi connectivity index (χ0) is 11.2. The minimum Gasteiger partial charge on any atom is -0.461 e. The van der Waals surface area contributed by atoms with Crippen molar-refractivity contribution >= 4 is 0 Å². The Morgan fingerprint density at radius 1 is 1.12 bits per heavy atom. The van der Waals surface area contributed by atoms with Crippen LogP contribution in [0, 0.1) is 0 Å². The predicted molar refractivity (Wildman–Crippen MR) is 67.3 cm³/mol. The highest BCUT2D eigenvalue weighted by atomic mass is 16.5. The first-order valence-corrected chi connectivity index (χ1v) is 5.67. The Hall–Kier alpha value is -1.76. The molecular formula is C15H16O. The summed E-state index contributed by atoms with van der Waals surface area (Å²) in [5.74, 6) is 1.89. The monoisotopic (exact) mass is 212 g/mol. The fraction of sp³-hybridized carbons (Fsp3) is 0.200. The molecule has 0 radical (unpaired) electrons. The molecule has 1 nitrogen and oxygen atoms in total. The zero-order valence-corrected chi connectivity index (χ0v) is 9.52. The van der Waals surface area contributed by atoms with Crippen molar-refractivity contribution < 1.29 is 4.74 Å². The summed E-state index contributed by atoms with van der Waals surface area (Å²) in [4.78, 5) is 0. The van der Waals surface area contributed by atoms with Gasteiger partial charge < -0.3 is 4.74 Å². The van der Waals surface area contributed by atoms with Crippen molar-refractivity contribution in [1.82, 2.24) is 0 Å². The van der Waals surface area contributed by atoms with Crippen LogP contribution in [0.5, 0.6) is 5.75 Å². The van der Waals surface area contributed by atoms with E-state index >= 15 is 0 Å². The van der Waals surface area contributed by atoms with Crippen molar-refractivity contribution in [3.8, 4) is 5.75 Å². The van der Waals surface area contributed by atoms with Crippen LogP contribution in [0.2, 0.25) is 0 Å². The predicted octanol–water partition coefficient (Wildman–Crippen LogP) is 4.25. The minimum absolute atomic E-state index is 0.856. The number of hydrogen-bond acceptors (Lipinski definition) is 1. The van der Waals surface area contributed by atoms with Crippen molar-refractivity contribution in [3.05, 3.63) is 66.0 Å². The van der Waals surface area contributed by atoms with Gasteiger partial charge in [0.05, 0.1) is 0 Å². The van der Waals surface area contributed by atoms with Crippen LogP contribution in [0.1, 0.15) is 19.8 Å². The maximum Gasteiger partial charge on any atom is 0.126 e. The summed E-state index contributed by atoms with van der Waals surface area (Å²) in [6, 6.07) is 9.90. The molecule has 0 heterocycles. The second-order valence-corrected chi connectivity index (χ2v) is 3.75. The number of rotatable bonds is 3. The molecule has 0 saturated heterocycles. The van der Waals surface area contributed by atoms with Gasteiger partial charge in [-0.2, -0.15) is 0 Å². The third-order valence-electron chi connectivity index (χ3n) is 2.53. The van der Waals surface area contributed by atoms with E-state index in [1.165, 1.54) is 5.57 Å². The van der Waals surface area contributed by atoms with Gasteiger partial charge in [-0.1, -0.05) is 43.4 Å².